The molecular formula is C21H17N5O3. The maximum absolute atomic E-state index is 10.3. The van der Waals surface area contributed by atoms with E-state index in [-0.39, 0.29) is 0 Å². The van der Waals surface area contributed by atoms with E-state index < -0.39 is 34.5 Å². The van der Waals surface area contributed by atoms with E-state index in [1.807, 2.05) is 12.1 Å². The predicted octanol–water partition coefficient (Wildman–Crippen LogP) is 3.15. The van der Waals surface area contributed by atoms with Gasteiger partial charge in [0.2, 0.25) is 17.1 Å². The van der Waals surface area contributed by atoms with E-state index in [1.165, 1.54) is 7.11 Å². The van der Waals surface area contributed by atoms with Crippen LogP contribution in [0.15, 0.2) is 42.6 Å². The second-order valence-electron chi connectivity index (χ2n) is 7.23. The Morgan fingerprint density at radius 1 is 1.10 bits per heavy atom. The number of nitrogens with zero attached hydrogens (tertiary/aromatic N) is 3. The summed E-state index contributed by atoms with van der Waals surface area (Å²) in [5.41, 5.74) is -2.81. The van der Waals surface area contributed by atoms with Crippen molar-refractivity contribution in [3.05, 3.63) is 53.9 Å². The molecule has 8 heteroatoms. The first-order chi connectivity index (χ1) is 13.9. The maximum atomic E-state index is 10.3. The Balaban J connectivity index is 2.01. The Bertz CT molecular complexity index is 1080. The van der Waals surface area contributed by atoms with Crippen LogP contribution in [0.25, 0.3) is 0 Å². The molecule has 4 atom stereocenters. The molecule has 2 aliphatic heterocycles. The molecule has 0 amide bonds. The number of nitrogens with one attached hydrogen (secondary N) is 2. The molecule has 2 aliphatic rings. The summed E-state index contributed by atoms with van der Waals surface area (Å²) in [5, 5.41) is 39.2. The Hall–Kier alpha value is -3.80. The van der Waals surface area contributed by atoms with Crippen molar-refractivity contribution in [2.24, 2.45) is 10.8 Å². The topological polar surface area (TPSA) is 139 Å². The molecule has 144 valence electrons. The van der Waals surface area contributed by atoms with E-state index in [0.29, 0.717) is 17.0 Å². The molecule has 2 fully saturated rings. The first kappa shape index (κ1) is 18.6. The Kier molecular flexibility index (Phi) is 3.91. The Labute approximate surface area is 167 Å². The van der Waals surface area contributed by atoms with Gasteiger partial charge in [0.1, 0.15) is 11.9 Å². The largest absolute Gasteiger partial charge is 0.497 e. The average molecular weight is 387 g/mol. The van der Waals surface area contributed by atoms with Gasteiger partial charge in [-0.15, -0.1) is 0 Å². The summed E-state index contributed by atoms with van der Waals surface area (Å²) < 4.78 is 17.2. The second kappa shape index (κ2) is 6.10. The summed E-state index contributed by atoms with van der Waals surface area (Å²) in [6.45, 7) is 1.63. The van der Waals surface area contributed by atoms with Crippen LogP contribution in [-0.4, -0.2) is 23.8 Å². The first-order valence-corrected chi connectivity index (χ1v) is 8.89. The summed E-state index contributed by atoms with van der Waals surface area (Å²) in [5.74, 6) is -2.13. The van der Waals surface area contributed by atoms with E-state index >= 15 is 0 Å². The zero-order valence-corrected chi connectivity index (χ0v) is 15.8. The van der Waals surface area contributed by atoms with Gasteiger partial charge in [-0.05, 0) is 29.8 Å². The van der Waals surface area contributed by atoms with Gasteiger partial charge in [-0.3, -0.25) is 5.41 Å². The zero-order valence-electron chi connectivity index (χ0n) is 15.8. The molecule has 0 saturated carbocycles. The number of nitriles is 3. The standard InChI is InChI=1S/C21H17N5O3/c1-19-16(13-5-7-14(27-2)8-6-13)21(12-24,18(25)29-19)20(10-22,11-23)17(28-19)15-4-3-9-26-15/h3-9,16-17,25-26H,1-2H3. The average Bonchev–Trinajstić information content (AvgIpc) is 3.32. The number of ether oxygens (including phenoxy) is 3. The summed E-state index contributed by atoms with van der Waals surface area (Å²) in [4.78, 5) is 2.96. The molecule has 0 spiro atoms. The monoisotopic (exact) mass is 387 g/mol. The number of hydrogen-bond acceptors (Lipinski definition) is 7. The van der Waals surface area contributed by atoms with Gasteiger partial charge in [0.15, 0.2) is 5.41 Å². The fourth-order valence-corrected chi connectivity index (χ4v) is 4.57. The third kappa shape index (κ3) is 2.11. The van der Waals surface area contributed by atoms with E-state index in [0.717, 1.165) is 0 Å². The van der Waals surface area contributed by atoms with Crippen molar-refractivity contribution in [3.63, 3.8) is 0 Å². The van der Waals surface area contributed by atoms with Crippen LogP contribution >= 0.6 is 0 Å². The zero-order chi connectivity index (χ0) is 20.9. The van der Waals surface area contributed by atoms with Gasteiger partial charge in [0.25, 0.3) is 0 Å². The minimum absolute atomic E-state index is 0.444. The fourth-order valence-electron chi connectivity index (χ4n) is 4.57. The number of hydrogen-bond donors (Lipinski definition) is 2. The van der Waals surface area contributed by atoms with Gasteiger partial charge in [0, 0.05) is 18.8 Å². The Morgan fingerprint density at radius 3 is 2.31 bits per heavy atom. The summed E-state index contributed by atoms with van der Waals surface area (Å²) in [7, 11) is 1.54. The Morgan fingerprint density at radius 2 is 1.79 bits per heavy atom. The van der Waals surface area contributed by atoms with Crippen LogP contribution < -0.4 is 4.74 Å². The summed E-state index contributed by atoms with van der Waals surface area (Å²) in [6.07, 6.45) is 0.540. The molecular weight excluding hydrogens is 370 g/mol. The highest BCUT2D eigenvalue weighted by atomic mass is 16.7. The maximum Gasteiger partial charge on any atom is 0.219 e. The van der Waals surface area contributed by atoms with E-state index in [4.69, 9.17) is 19.6 Å². The van der Waals surface area contributed by atoms with Crippen LogP contribution in [-0.2, 0) is 9.47 Å². The van der Waals surface area contributed by atoms with Gasteiger partial charge < -0.3 is 19.2 Å². The lowest BCUT2D eigenvalue weighted by Gasteiger charge is -2.48. The second-order valence-corrected chi connectivity index (χ2v) is 7.23. The molecule has 1 aromatic carbocycles. The van der Waals surface area contributed by atoms with E-state index in [1.54, 1.807) is 49.5 Å². The molecule has 4 rings (SSSR count). The number of aromatic amines is 1. The number of aromatic nitrogens is 1. The number of methoxy groups -OCH3 is 1. The van der Waals surface area contributed by atoms with Crippen LogP contribution in [0.4, 0.5) is 0 Å². The lowest BCUT2D eigenvalue weighted by Crippen LogP contribution is -2.57. The molecule has 2 saturated heterocycles. The van der Waals surface area contributed by atoms with Crippen molar-refractivity contribution in [3.8, 4) is 24.0 Å². The number of rotatable bonds is 3. The van der Waals surface area contributed by atoms with Crippen molar-refractivity contribution in [1.82, 2.24) is 4.98 Å². The number of benzene rings is 1. The van der Waals surface area contributed by atoms with Crippen molar-refractivity contribution < 1.29 is 14.2 Å². The number of H-pyrrole nitrogens is 1. The summed E-state index contributed by atoms with van der Waals surface area (Å²) >= 11 is 0. The molecule has 2 N–H and O–H groups in total. The highest BCUT2D eigenvalue weighted by Gasteiger charge is 2.79. The van der Waals surface area contributed by atoms with Gasteiger partial charge in [-0.2, -0.15) is 15.8 Å². The SMILES string of the molecule is COc1ccc(C2C3(C)OC(=N)C2(C#N)C(C#N)(C#N)C(c2ccc[nH]2)O3)cc1. The van der Waals surface area contributed by atoms with Gasteiger partial charge in [0.05, 0.1) is 31.2 Å². The van der Waals surface area contributed by atoms with Crippen LogP contribution in [0.5, 0.6) is 5.75 Å². The highest BCUT2D eigenvalue weighted by molar-refractivity contribution is 5.90. The van der Waals surface area contributed by atoms with Gasteiger partial charge >= 0.3 is 0 Å². The fraction of sp³-hybridized carbons (Fsp3) is 0.333. The van der Waals surface area contributed by atoms with Crippen molar-refractivity contribution in [1.29, 1.82) is 21.2 Å². The van der Waals surface area contributed by atoms with Crippen molar-refractivity contribution >= 4 is 5.90 Å². The quantitative estimate of drug-likeness (QED) is 0.829. The predicted molar refractivity (Wildman–Crippen MR) is 99.3 cm³/mol. The lowest BCUT2D eigenvalue weighted by molar-refractivity contribution is -0.254. The molecule has 2 aromatic rings. The minimum Gasteiger partial charge on any atom is -0.497 e. The minimum atomic E-state index is -2.01. The van der Waals surface area contributed by atoms with E-state index in [9.17, 15) is 15.8 Å². The third-order valence-corrected chi connectivity index (χ3v) is 5.87. The lowest BCUT2D eigenvalue weighted by atomic mass is 9.52. The van der Waals surface area contributed by atoms with Crippen molar-refractivity contribution in [2.45, 2.75) is 24.7 Å². The molecule has 8 nitrogen and oxygen atoms in total. The molecule has 3 heterocycles. The van der Waals surface area contributed by atoms with Crippen LogP contribution in [0.3, 0.4) is 0 Å². The first-order valence-electron chi connectivity index (χ1n) is 8.89. The molecule has 29 heavy (non-hydrogen) atoms. The molecule has 0 radical (unpaired) electrons. The molecule has 4 unspecified atom stereocenters. The van der Waals surface area contributed by atoms with Crippen LogP contribution in [0.2, 0.25) is 0 Å². The highest BCUT2D eigenvalue weighted by Crippen LogP contribution is 2.69. The van der Waals surface area contributed by atoms with Gasteiger partial charge in [-0.25, -0.2) is 0 Å². The van der Waals surface area contributed by atoms with Gasteiger partial charge in [-0.1, -0.05) is 12.1 Å². The molecule has 0 aliphatic carbocycles. The molecule has 1 aromatic heterocycles. The normalized spacial score (nSPS) is 31.8. The van der Waals surface area contributed by atoms with Crippen molar-refractivity contribution in [2.75, 3.05) is 7.11 Å². The third-order valence-electron chi connectivity index (χ3n) is 5.87. The van der Waals surface area contributed by atoms with Crippen LogP contribution in [0, 0.1) is 50.2 Å². The number of fused-ring (bicyclic) bond motifs is 2. The smallest absolute Gasteiger partial charge is 0.219 e. The molecule has 2 bridgehead atoms. The van der Waals surface area contributed by atoms with E-state index in [2.05, 4.69) is 11.1 Å². The summed E-state index contributed by atoms with van der Waals surface area (Å²) in [6, 6.07) is 16.4. The van der Waals surface area contributed by atoms with Crippen LogP contribution in [0.1, 0.15) is 30.2 Å².